The summed E-state index contributed by atoms with van der Waals surface area (Å²) in [5.41, 5.74) is 5.26. The van der Waals surface area contributed by atoms with Gasteiger partial charge in [0.1, 0.15) is 0 Å². The summed E-state index contributed by atoms with van der Waals surface area (Å²) in [4.78, 5) is 0. The van der Waals surface area contributed by atoms with Crippen LogP contribution in [0.2, 0.25) is 0 Å². The van der Waals surface area contributed by atoms with Gasteiger partial charge in [0.25, 0.3) is 0 Å². The molecule has 0 N–H and O–H groups in total. The average molecular weight is 549 g/mol. The van der Waals surface area contributed by atoms with Crippen LogP contribution in [0.3, 0.4) is 0 Å². The van der Waals surface area contributed by atoms with Crippen LogP contribution in [0.5, 0.6) is 23.0 Å². The Kier molecular flexibility index (Phi) is 8.98. The zero-order chi connectivity index (χ0) is 27.0. The standard InChI is InChI=1S/C32H38O4P2/c1-33-29-13-5-25(6-14-29)21-38(37,22-26-7-15-30(34-2)16-8-26,23-27-9-17-31(35-3)18-10-27)24-28-11-19-32(36-4)20-12-28/h5-20H,21-24,37H2,1-4H3. The number of benzene rings is 4. The summed E-state index contributed by atoms with van der Waals surface area (Å²) < 4.78 is 21.8. The van der Waals surface area contributed by atoms with Gasteiger partial charge in [0, 0.05) is 0 Å². The van der Waals surface area contributed by atoms with Gasteiger partial charge in [0.15, 0.2) is 0 Å². The Labute approximate surface area is 229 Å². The van der Waals surface area contributed by atoms with Gasteiger partial charge in [0.05, 0.1) is 0 Å². The number of hydrogen-bond donors (Lipinski definition) is 0. The predicted octanol–water partition coefficient (Wildman–Crippen LogP) is 8.17. The minimum absolute atomic E-state index is 0.873. The van der Waals surface area contributed by atoms with Gasteiger partial charge in [-0.2, -0.15) is 0 Å². The summed E-state index contributed by atoms with van der Waals surface area (Å²) in [6.45, 7) is 0. The Hall–Kier alpha value is -3.06. The Morgan fingerprint density at radius 3 is 0.737 bits per heavy atom. The zero-order valence-electron chi connectivity index (χ0n) is 22.7. The van der Waals surface area contributed by atoms with E-state index < -0.39 is 6.29 Å². The van der Waals surface area contributed by atoms with Gasteiger partial charge in [0.2, 0.25) is 0 Å². The van der Waals surface area contributed by atoms with Gasteiger partial charge in [-0.3, -0.25) is 0 Å². The van der Waals surface area contributed by atoms with Gasteiger partial charge < -0.3 is 0 Å². The van der Waals surface area contributed by atoms with Crippen LogP contribution in [0.25, 0.3) is 0 Å². The molecule has 4 aromatic rings. The Bertz CT molecular complexity index is 1090. The third kappa shape index (κ3) is 7.07. The topological polar surface area (TPSA) is 36.9 Å². The van der Waals surface area contributed by atoms with Crippen LogP contribution < -0.4 is 18.9 Å². The molecule has 0 fully saturated rings. The van der Waals surface area contributed by atoms with Crippen LogP contribution in [-0.2, 0) is 24.6 Å². The zero-order valence-corrected chi connectivity index (χ0v) is 24.8. The maximum atomic E-state index is 5.45. The fourth-order valence-corrected chi connectivity index (χ4v) is 13.2. The van der Waals surface area contributed by atoms with Gasteiger partial charge in [-0.25, -0.2) is 0 Å². The van der Waals surface area contributed by atoms with Gasteiger partial charge in [-0.15, -0.1) is 0 Å². The molecule has 200 valence electrons. The third-order valence-electron chi connectivity index (χ3n) is 7.07. The number of rotatable bonds is 12. The molecule has 38 heavy (non-hydrogen) atoms. The summed E-state index contributed by atoms with van der Waals surface area (Å²) >= 11 is 0. The van der Waals surface area contributed by atoms with Crippen molar-refractivity contribution in [1.82, 2.24) is 0 Å². The average Bonchev–Trinajstić information content (AvgIpc) is 2.94. The van der Waals surface area contributed by atoms with Crippen molar-refractivity contribution in [2.24, 2.45) is 0 Å². The molecule has 0 aliphatic heterocycles. The molecule has 6 heteroatoms. The van der Waals surface area contributed by atoms with E-state index in [1.807, 2.05) is 0 Å². The van der Waals surface area contributed by atoms with Crippen LogP contribution in [0.15, 0.2) is 97.1 Å². The summed E-state index contributed by atoms with van der Waals surface area (Å²) in [6.07, 6.45) is 1.28. The van der Waals surface area contributed by atoms with Crippen LogP contribution in [0, 0.1) is 0 Å². The van der Waals surface area contributed by atoms with Gasteiger partial charge in [-0.1, -0.05) is 0 Å². The first-order valence-electron chi connectivity index (χ1n) is 12.7. The second kappa shape index (κ2) is 12.2. The van der Waals surface area contributed by atoms with E-state index in [1.54, 1.807) is 28.4 Å². The summed E-state index contributed by atoms with van der Waals surface area (Å²) in [7, 11) is 10.3. The van der Waals surface area contributed by atoms with Crippen molar-refractivity contribution >= 4 is 15.2 Å². The van der Waals surface area contributed by atoms with Crippen molar-refractivity contribution in [2.75, 3.05) is 28.4 Å². The molecule has 1 atom stereocenters. The minimum atomic E-state index is -2.63. The first-order chi connectivity index (χ1) is 18.3. The van der Waals surface area contributed by atoms with E-state index in [4.69, 9.17) is 18.9 Å². The third-order valence-corrected chi connectivity index (χ3v) is 14.1. The van der Waals surface area contributed by atoms with Crippen LogP contribution >= 0.6 is 15.2 Å². The normalized spacial score (nSPS) is 12.3. The van der Waals surface area contributed by atoms with E-state index in [-0.39, 0.29) is 0 Å². The van der Waals surface area contributed by atoms with Crippen LogP contribution in [0.4, 0.5) is 0 Å². The van der Waals surface area contributed by atoms with Gasteiger partial charge in [-0.05, 0) is 0 Å². The Morgan fingerprint density at radius 1 is 0.395 bits per heavy atom. The SMILES string of the molecule is COc1ccc(CP(P)(Cc2ccc(OC)cc2)(Cc2ccc(OC)cc2)Cc2ccc(OC)cc2)cc1. The second-order valence-corrected chi connectivity index (χ2v) is 19.9. The molecule has 0 radical (unpaired) electrons. The fourth-order valence-electron chi connectivity index (χ4n) is 5.23. The maximum absolute atomic E-state index is 5.45. The molecule has 0 aliphatic rings. The molecule has 0 saturated heterocycles. The van der Waals surface area contributed by atoms with Crippen molar-refractivity contribution in [2.45, 2.75) is 24.6 Å². The molecule has 0 amide bonds. The summed E-state index contributed by atoms with van der Waals surface area (Å²) in [5, 5.41) is 0. The molecule has 0 saturated carbocycles. The molecule has 0 aliphatic carbocycles. The molecule has 0 heterocycles. The first kappa shape index (κ1) is 28.0. The quantitative estimate of drug-likeness (QED) is 0.167. The Balaban J connectivity index is 1.83. The monoisotopic (exact) mass is 548 g/mol. The predicted molar refractivity (Wildman–Crippen MR) is 163 cm³/mol. The van der Waals surface area contributed by atoms with E-state index in [2.05, 4.69) is 106 Å². The van der Waals surface area contributed by atoms with Crippen molar-refractivity contribution in [3.8, 4) is 23.0 Å². The molecule has 0 aromatic heterocycles. The summed E-state index contributed by atoms with van der Waals surface area (Å²) in [5.74, 6) is 3.49. The van der Waals surface area contributed by atoms with Crippen molar-refractivity contribution < 1.29 is 18.9 Å². The molecule has 0 spiro atoms. The molecule has 4 rings (SSSR count). The van der Waals surface area contributed by atoms with Crippen LogP contribution in [0.1, 0.15) is 22.3 Å². The first-order valence-corrected chi connectivity index (χ1v) is 17.3. The van der Waals surface area contributed by atoms with E-state index in [0.29, 0.717) is 0 Å². The number of hydrogen-bond acceptors (Lipinski definition) is 4. The Morgan fingerprint density at radius 2 is 0.579 bits per heavy atom. The van der Waals surface area contributed by atoms with E-state index in [1.165, 1.54) is 22.3 Å². The molecule has 1 unspecified atom stereocenters. The number of ether oxygens (including phenoxy) is 4. The van der Waals surface area contributed by atoms with Crippen LogP contribution in [-0.4, -0.2) is 28.4 Å². The fraction of sp³-hybridized carbons (Fsp3) is 0.250. The van der Waals surface area contributed by atoms with E-state index in [9.17, 15) is 0 Å². The second-order valence-electron chi connectivity index (χ2n) is 10.1. The number of methoxy groups -OCH3 is 4. The molecule has 0 bridgehead atoms. The van der Waals surface area contributed by atoms with Crippen molar-refractivity contribution in [3.05, 3.63) is 119 Å². The van der Waals surface area contributed by atoms with E-state index in [0.717, 1.165) is 47.6 Å². The molecule has 4 nitrogen and oxygen atoms in total. The van der Waals surface area contributed by atoms with E-state index >= 15 is 0 Å². The van der Waals surface area contributed by atoms with Gasteiger partial charge >= 0.3 is 230 Å². The molecular weight excluding hydrogens is 510 g/mol. The van der Waals surface area contributed by atoms with Crippen molar-refractivity contribution in [3.63, 3.8) is 0 Å². The molecular formula is C32H38O4P2. The molecule has 4 aromatic carbocycles. The summed E-state index contributed by atoms with van der Waals surface area (Å²) in [6, 6.07) is 34.2. The van der Waals surface area contributed by atoms with Crippen molar-refractivity contribution in [1.29, 1.82) is 0 Å².